The molecular formula is C24H19ClN2O3. The van der Waals surface area contributed by atoms with Gasteiger partial charge in [0.05, 0.1) is 6.54 Å². The minimum atomic E-state index is -1.26. The first-order chi connectivity index (χ1) is 14.5. The molecule has 1 unspecified atom stereocenters. The molecule has 4 rings (SSSR count). The van der Waals surface area contributed by atoms with E-state index in [0.717, 1.165) is 10.5 Å². The smallest absolute Gasteiger partial charge is 0.319 e. The number of urea groups is 1. The molecule has 30 heavy (non-hydrogen) atoms. The van der Waals surface area contributed by atoms with Gasteiger partial charge in [0.1, 0.15) is 0 Å². The Balaban J connectivity index is 1.67. The average molecular weight is 419 g/mol. The van der Waals surface area contributed by atoms with Gasteiger partial charge >= 0.3 is 6.03 Å². The molecule has 1 heterocycles. The fraction of sp³-hybridized carbons (Fsp3) is 0.125. The summed E-state index contributed by atoms with van der Waals surface area (Å²) >= 11 is 5.88. The van der Waals surface area contributed by atoms with Crippen LogP contribution in [0.2, 0.25) is 5.02 Å². The number of carbonyl (C=O) groups excluding carboxylic acids is 3. The number of Topliss-reactive ketones (excluding diaryl/α,β-unsaturated/α-hetero) is 1. The van der Waals surface area contributed by atoms with Crippen LogP contribution in [0.15, 0.2) is 84.9 Å². The first kappa shape index (κ1) is 19.9. The monoisotopic (exact) mass is 418 g/mol. The lowest BCUT2D eigenvalue weighted by Crippen LogP contribution is -2.46. The number of carbonyl (C=O) groups is 3. The summed E-state index contributed by atoms with van der Waals surface area (Å²) in [5, 5.41) is 3.37. The van der Waals surface area contributed by atoms with Crippen LogP contribution in [-0.4, -0.2) is 29.2 Å². The Hall–Kier alpha value is -3.44. The lowest BCUT2D eigenvalue weighted by Gasteiger charge is -2.27. The largest absolute Gasteiger partial charge is 0.325 e. The second-order valence-electron chi connectivity index (χ2n) is 7.19. The summed E-state index contributed by atoms with van der Waals surface area (Å²) in [5.74, 6) is -0.774. The molecule has 0 saturated carbocycles. The van der Waals surface area contributed by atoms with Gasteiger partial charge in [-0.3, -0.25) is 14.5 Å². The third-order valence-electron chi connectivity index (χ3n) is 5.22. The molecule has 5 nitrogen and oxygen atoms in total. The number of halogens is 1. The maximum Gasteiger partial charge on any atom is 0.325 e. The van der Waals surface area contributed by atoms with E-state index in [1.807, 2.05) is 60.7 Å². The van der Waals surface area contributed by atoms with Crippen molar-refractivity contribution in [2.24, 2.45) is 0 Å². The zero-order valence-corrected chi connectivity index (χ0v) is 16.8. The Morgan fingerprint density at radius 3 is 2.10 bits per heavy atom. The van der Waals surface area contributed by atoms with Gasteiger partial charge in [-0.05, 0) is 35.4 Å². The van der Waals surface area contributed by atoms with E-state index in [1.54, 1.807) is 24.3 Å². The molecule has 1 aliphatic rings. The number of amides is 3. The van der Waals surface area contributed by atoms with Crippen LogP contribution in [0.25, 0.3) is 0 Å². The topological polar surface area (TPSA) is 66.5 Å². The van der Waals surface area contributed by atoms with Crippen molar-refractivity contribution in [2.75, 3.05) is 6.54 Å². The lowest BCUT2D eigenvalue weighted by atomic mass is 9.83. The minimum absolute atomic E-state index is 0.286. The van der Waals surface area contributed by atoms with Gasteiger partial charge in [0, 0.05) is 17.0 Å². The van der Waals surface area contributed by atoms with E-state index in [-0.39, 0.29) is 18.7 Å². The highest BCUT2D eigenvalue weighted by atomic mass is 35.5. The zero-order chi connectivity index (χ0) is 21.1. The Kier molecular flexibility index (Phi) is 5.38. The number of hydrogen-bond donors (Lipinski definition) is 1. The van der Waals surface area contributed by atoms with Crippen LogP contribution in [-0.2, 0) is 16.8 Å². The molecule has 150 valence electrons. The summed E-state index contributed by atoms with van der Waals surface area (Å²) in [6.07, 6.45) is 0.286. The van der Waals surface area contributed by atoms with Crippen molar-refractivity contribution < 1.29 is 14.4 Å². The highest BCUT2D eigenvalue weighted by Crippen LogP contribution is 2.33. The average Bonchev–Trinajstić information content (AvgIpc) is 3.00. The van der Waals surface area contributed by atoms with E-state index in [9.17, 15) is 14.4 Å². The predicted molar refractivity (Wildman–Crippen MR) is 114 cm³/mol. The quantitative estimate of drug-likeness (QED) is 0.481. The summed E-state index contributed by atoms with van der Waals surface area (Å²) in [4.78, 5) is 40.0. The number of ketones is 1. The van der Waals surface area contributed by atoms with Gasteiger partial charge in [0.2, 0.25) is 0 Å². The van der Waals surface area contributed by atoms with E-state index in [0.29, 0.717) is 16.1 Å². The SMILES string of the molecule is O=C(CN1C(=O)NC(Cc2ccccc2)(c2ccccc2)C1=O)c1ccc(Cl)cc1. The maximum absolute atomic E-state index is 13.5. The van der Waals surface area contributed by atoms with Gasteiger partial charge in [-0.25, -0.2) is 4.79 Å². The van der Waals surface area contributed by atoms with Crippen molar-refractivity contribution in [3.05, 3.63) is 107 Å². The van der Waals surface area contributed by atoms with Crippen LogP contribution < -0.4 is 5.32 Å². The molecule has 0 bridgehead atoms. The highest BCUT2D eigenvalue weighted by molar-refractivity contribution is 6.30. The van der Waals surface area contributed by atoms with Crippen LogP contribution in [0.1, 0.15) is 21.5 Å². The minimum Gasteiger partial charge on any atom is -0.319 e. The summed E-state index contributed by atoms with van der Waals surface area (Å²) in [6, 6.07) is 24.4. The van der Waals surface area contributed by atoms with Gasteiger partial charge < -0.3 is 5.32 Å². The summed E-state index contributed by atoms with van der Waals surface area (Å²) in [5.41, 5.74) is 0.703. The standard InChI is InChI=1S/C24H19ClN2O3/c25-20-13-11-18(12-14-20)21(28)16-27-22(29)24(26-23(27)30,19-9-5-2-6-10-19)15-17-7-3-1-4-8-17/h1-14H,15-16H2,(H,26,30). The molecule has 6 heteroatoms. The van der Waals surface area contributed by atoms with Crippen LogP contribution >= 0.6 is 11.6 Å². The van der Waals surface area contributed by atoms with E-state index in [2.05, 4.69) is 5.32 Å². The first-order valence-electron chi connectivity index (χ1n) is 9.52. The Morgan fingerprint density at radius 2 is 1.47 bits per heavy atom. The van der Waals surface area contributed by atoms with Crippen LogP contribution in [0.3, 0.4) is 0 Å². The third kappa shape index (κ3) is 3.72. The van der Waals surface area contributed by atoms with E-state index in [1.165, 1.54) is 0 Å². The molecule has 0 aromatic heterocycles. The summed E-state index contributed by atoms with van der Waals surface area (Å²) in [6.45, 7) is -0.338. The maximum atomic E-state index is 13.5. The van der Waals surface area contributed by atoms with Crippen LogP contribution in [0.4, 0.5) is 4.79 Å². The Bertz CT molecular complexity index is 1080. The molecule has 3 aromatic carbocycles. The number of hydrogen-bond acceptors (Lipinski definition) is 3. The molecule has 1 N–H and O–H groups in total. The fourth-order valence-electron chi connectivity index (χ4n) is 3.68. The Labute approximate surface area is 179 Å². The zero-order valence-electron chi connectivity index (χ0n) is 16.0. The molecule has 0 aliphatic carbocycles. The number of nitrogens with one attached hydrogen (secondary N) is 1. The van der Waals surface area contributed by atoms with Gasteiger partial charge in [-0.1, -0.05) is 72.3 Å². The summed E-state index contributed by atoms with van der Waals surface area (Å²) < 4.78 is 0. The molecule has 1 atom stereocenters. The van der Waals surface area contributed by atoms with Crippen molar-refractivity contribution in [2.45, 2.75) is 12.0 Å². The van der Waals surface area contributed by atoms with Crippen LogP contribution in [0, 0.1) is 0 Å². The lowest BCUT2D eigenvalue weighted by molar-refractivity contribution is -0.131. The van der Waals surface area contributed by atoms with Gasteiger partial charge in [-0.15, -0.1) is 0 Å². The van der Waals surface area contributed by atoms with Gasteiger partial charge in [-0.2, -0.15) is 0 Å². The van der Waals surface area contributed by atoms with Crippen molar-refractivity contribution in [3.8, 4) is 0 Å². The molecule has 1 fully saturated rings. The third-order valence-corrected chi connectivity index (χ3v) is 5.47. The molecular weight excluding hydrogens is 400 g/mol. The second-order valence-corrected chi connectivity index (χ2v) is 7.62. The molecule has 0 radical (unpaired) electrons. The molecule has 1 saturated heterocycles. The second kappa shape index (κ2) is 8.13. The number of nitrogens with zero attached hydrogens (tertiary/aromatic N) is 1. The van der Waals surface area contributed by atoms with Crippen molar-refractivity contribution in [3.63, 3.8) is 0 Å². The fourth-order valence-corrected chi connectivity index (χ4v) is 3.81. The number of rotatable bonds is 6. The molecule has 3 amide bonds. The van der Waals surface area contributed by atoms with Crippen molar-refractivity contribution in [1.82, 2.24) is 10.2 Å². The molecule has 1 aliphatic heterocycles. The Morgan fingerprint density at radius 1 is 0.867 bits per heavy atom. The first-order valence-corrected chi connectivity index (χ1v) is 9.90. The van der Waals surface area contributed by atoms with E-state index < -0.39 is 17.5 Å². The van der Waals surface area contributed by atoms with E-state index in [4.69, 9.17) is 11.6 Å². The van der Waals surface area contributed by atoms with Gasteiger partial charge in [0.25, 0.3) is 5.91 Å². The van der Waals surface area contributed by atoms with Gasteiger partial charge in [0.15, 0.2) is 11.3 Å². The summed E-state index contributed by atoms with van der Waals surface area (Å²) in [7, 11) is 0. The molecule has 3 aromatic rings. The highest BCUT2D eigenvalue weighted by Gasteiger charge is 2.52. The van der Waals surface area contributed by atoms with Crippen LogP contribution in [0.5, 0.6) is 0 Å². The molecule has 0 spiro atoms. The van der Waals surface area contributed by atoms with E-state index >= 15 is 0 Å². The van der Waals surface area contributed by atoms with Crippen molar-refractivity contribution in [1.29, 1.82) is 0 Å². The predicted octanol–water partition coefficient (Wildman–Crippen LogP) is 4.21. The normalized spacial score (nSPS) is 18.4. The number of benzene rings is 3. The van der Waals surface area contributed by atoms with Crippen molar-refractivity contribution >= 4 is 29.3 Å². The number of imide groups is 1.